The summed E-state index contributed by atoms with van der Waals surface area (Å²) in [7, 11) is 5.16. The number of halogens is 4. The molecule has 0 saturated carbocycles. The maximum absolute atomic E-state index is 13.1. The predicted molar refractivity (Wildman–Crippen MR) is 460 cm³/mol. The van der Waals surface area contributed by atoms with E-state index in [2.05, 4.69) is 83.0 Å². The number of pyridine rings is 6. The molecule has 0 unspecified atom stereocenters. The number of benzene rings is 6. The minimum Gasteiger partial charge on any atom is -0.443 e. The maximum Gasteiger partial charge on any atom is 0.425 e. The van der Waals surface area contributed by atoms with Crippen molar-refractivity contribution in [3.05, 3.63) is 201 Å². The molecule has 0 atom stereocenters. The largest absolute Gasteiger partial charge is 0.443 e. The third-order valence-corrected chi connectivity index (χ3v) is 16.8. The highest BCUT2D eigenvalue weighted by atomic mass is 79.9. The van der Waals surface area contributed by atoms with Crippen LogP contribution in [0.25, 0.3) is 64.6 Å². The molecule has 6 aromatic carbocycles. The standard InChI is InChI=1S/C25H35N3O6.C19H23BrN2O4.C11H10N4.C10H11N3.C9H5BrClN.C9H7BrN2/c1-23(2,3)32-20(29)27(10)17-12-11-16-13-14-26-19(18(16)15-17)28(21(30)33-24(4,5)6)22(31)34-25(7,8)9;1-18(2,3)25-16(23)22(17(24)26-19(4,5)6)15-14-11-13(20)8-7-12(14)9-10-21-15;1-15(7-12)9-3-2-8-4-5-14-11(13)10(8)6-9;1-12-8-3-2-7-4-5-13-10(11)9(7)6-8;2*10-7-2-1-6-3-4-12-9(11)8(6)5-7/h11-15H,1-10H3;7-11H,1-6H3;2-6H,1H3,(H2,13,14);2-6,12H,1H3,(H2,11,13);1-5H;1-5H,(H2,11,12). The van der Waals surface area contributed by atoms with Crippen molar-refractivity contribution in [1.82, 2.24) is 29.9 Å². The van der Waals surface area contributed by atoms with E-state index in [1.54, 1.807) is 179 Å². The van der Waals surface area contributed by atoms with Crippen molar-refractivity contribution in [2.24, 2.45) is 0 Å². The van der Waals surface area contributed by atoms with Gasteiger partial charge in [-0.05, 0) is 245 Å². The van der Waals surface area contributed by atoms with Crippen LogP contribution >= 0.6 is 59.4 Å². The zero-order valence-electron chi connectivity index (χ0n) is 65.6. The Morgan fingerprint density at radius 2 is 0.670 bits per heavy atom. The number of hydrogen-bond donors (Lipinski definition) is 4. The van der Waals surface area contributed by atoms with E-state index in [0.29, 0.717) is 44.5 Å². The van der Waals surface area contributed by atoms with Crippen LogP contribution in [0.3, 0.4) is 0 Å². The first kappa shape index (κ1) is 88.0. The fraction of sp³-hybridized carbons (Fsp3) is 0.277. The van der Waals surface area contributed by atoms with Gasteiger partial charge in [-0.1, -0.05) is 95.8 Å². The van der Waals surface area contributed by atoms with Gasteiger partial charge in [0.25, 0.3) is 0 Å². The van der Waals surface area contributed by atoms with Crippen LogP contribution < -0.4 is 42.1 Å². The summed E-state index contributed by atoms with van der Waals surface area (Å²) in [4.78, 5) is 93.3. The summed E-state index contributed by atoms with van der Waals surface area (Å²) in [5, 5.41) is 23.2. The fourth-order valence-corrected chi connectivity index (χ4v) is 11.4. The lowest BCUT2D eigenvalue weighted by molar-refractivity contribution is 0.0407. The number of nitrogens with one attached hydrogen (secondary N) is 1. The highest BCUT2D eigenvalue weighted by molar-refractivity contribution is 9.11. The number of nitrogens with two attached hydrogens (primary N) is 3. The minimum absolute atomic E-state index is 0.0282. The van der Waals surface area contributed by atoms with Crippen molar-refractivity contribution in [2.75, 3.05) is 63.3 Å². The number of nitriles is 1. The molecule has 112 heavy (non-hydrogen) atoms. The number of amides is 5. The number of anilines is 8. The Kier molecular flexibility index (Phi) is 29.6. The summed E-state index contributed by atoms with van der Waals surface area (Å²) in [6, 6.07) is 45.6. The molecule has 12 rings (SSSR count). The van der Waals surface area contributed by atoms with E-state index < -0.39 is 58.5 Å². The molecule has 0 aliphatic rings. The van der Waals surface area contributed by atoms with E-state index in [4.69, 9.17) is 57.7 Å². The zero-order valence-corrected chi connectivity index (χ0v) is 71.1. The van der Waals surface area contributed by atoms with Crippen molar-refractivity contribution >= 4 is 201 Å². The van der Waals surface area contributed by atoms with Gasteiger partial charge in [0, 0.05) is 115 Å². The van der Waals surface area contributed by atoms with Gasteiger partial charge in [0.1, 0.15) is 50.6 Å². The molecule has 12 aromatic rings. The first-order chi connectivity index (χ1) is 52.3. The Hall–Kier alpha value is -11.3. The highest BCUT2D eigenvalue weighted by Crippen LogP contribution is 2.35. The van der Waals surface area contributed by atoms with Crippen molar-refractivity contribution in [1.29, 1.82) is 5.26 Å². The van der Waals surface area contributed by atoms with E-state index in [-0.39, 0.29) is 11.6 Å². The number of ether oxygens (including phenoxy) is 5. The number of nitrogen functional groups attached to an aromatic ring is 3. The second kappa shape index (κ2) is 37.6. The van der Waals surface area contributed by atoms with Crippen LogP contribution in [0.1, 0.15) is 104 Å². The van der Waals surface area contributed by atoms with Gasteiger partial charge in [-0.25, -0.2) is 53.9 Å². The third-order valence-electron chi connectivity index (χ3n) is 15.1. The normalized spacial score (nSPS) is 11.2. The molecule has 25 nitrogen and oxygen atoms in total. The summed E-state index contributed by atoms with van der Waals surface area (Å²) < 4.78 is 30.0. The lowest BCUT2D eigenvalue weighted by Crippen LogP contribution is -2.44. The molecule has 0 spiro atoms. The topological polar surface area (TPSA) is 336 Å². The van der Waals surface area contributed by atoms with Gasteiger partial charge in [0.05, 0.1) is 5.69 Å². The molecule has 586 valence electrons. The van der Waals surface area contributed by atoms with Gasteiger partial charge in [-0.2, -0.15) is 15.1 Å². The Morgan fingerprint density at radius 3 is 1.05 bits per heavy atom. The molecule has 6 heterocycles. The van der Waals surface area contributed by atoms with E-state index >= 15 is 0 Å². The van der Waals surface area contributed by atoms with Gasteiger partial charge in [0.15, 0.2) is 17.8 Å². The molecule has 6 aromatic heterocycles. The van der Waals surface area contributed by atoms with E-state index in [1.807, 2.05) is 122 Å². The Labute approximate surface area is 681 Å². The maximum atomic E-state index is 13.1. The summed E-state index contributed by atoms with van der Waals surface area (Å²) >= 11 is 16.1. The summed E-state index contributed by atoms with van der Waals surface area (Å²) in [6.07, 6.45) is 7.79. The highest BCUT2D eigenvalue weighted by Gasteiger charge is 2.37. The average Bonchev–Trinajstić information content (AvgIpc) is 0.781. The van der Waals surface area contributed by atoms with Crippen molar-refractivity contribution in [3.8, 4) is 6.19 Å². The molecule has 29 heteroatoms. The monoisotopic (exact) mass is 1730 g/mol. The Bertz CT molecular complexity index is 5310. The first-order valence-electron chi connectivity index (χ1n) is 34.8. The van der Waals surface area contributed by atoms with Crippen LogP contribution in [-0.2, 0) is 23.7 Å². The van der Waals surface area contributed by atoms with Gasteiger partial charge in [0.2, 0.25) is 0 Å². The molecule has 0 aliphatic heterocycles. The van der Waals surface area contributed by atoms with E-state index in [0.717, 1.165) is 83.1 Å². The lowest BCUT2D eigenvalue weighted by atomic mass is 10.1. The SMILES string of the molecule is CC(C)(C)OC(=O)N(C(=O)OC(C)(C)C)c1nccc2ccc(Br)cc12.CN(C#N)c1ccc2ccnc(N)c2c1.CN(C(=O)OC(C)(C)C)c1ccc2ccnc(N(C(=O)OC(C)(C)C)C(=O)OC(C)(C)C)c2c1.CNc1ccc2ccnc(N)c2c1.Clc1nccc2ccc(Br)cc12.Nc1nccc2ccc(Br)cc12. The van der Waals surface area contributed by atoms with E-state index in [9.17, 15) is 24.0 Å². The Balaban J connectivity index is 0.000000196. The van der Waals surface area contributed by atoms with Crippen LogP contribution in [0.15, 0.2) is 196 Å². The van der Waals surface area contributed by atoms with Gasteiger partial charge in [-0.3, -0.25) is 9.80 Å². The fourth-order valence-electron chi connectivity index (χ4n) is 10.1. The van der Waals surface area contributed by atoms with Gasteiger partial charge in [-0.15, -0.1) is 0 Å². The second-order valence-corrected chi connectivity index (χ2v) is 32.9. The number of imide groups is 2. The number of fused-ring (bicyclic) bond motifs is 6. The Morgan fingerprint density at radius 1 is 0.384 bits per heavy atom. The minimum atomic E-state index is -0.923. The smallest absolute Gasteiger partial charge is 0.425 e. The van der Waals surface area contributed by atoms with Crippen LogP contribution in [-0.4, -0.2) is 110 Å². The predicted octanol–water partition coefficient (Wildman–Crippen LogP) is 21.8. The van der Waals surface area contributed by atoms with Crippen LogP contribution in [0.5, 0.6) is 0 Å². The van der Waals surface area contributed by atoms with Crippen molar-refractivity contribution in [3.63, 3.8) is 0 Å². The summed E-state index contributed by atoms with van der Waals surface area (Å²) in [5.74, 6) is 1.83. The van der Waals surface area contributed by atoms with Crippen LogP contribution in [0.4, 0.5) is 70.1 Å². The second-order valence-electron chi connectivity index (χ2n) is 29.8. The van der Waals surface area contributed by atoms with E-state index in [1.165, 1.54) is 22.2 Å². The number of carbonyl (C=O) groups is 5. The van der Waals surface area contributed by atoms with Crippen LogP contribution in [0.2, 0.25) is 5.15 Å². The summed E-state index contributed by atoms with van der Waals surface area (Å²) in [6.45, 7) is 25.9. The molecular weight excluding hydrogens is 1640 g/mol. The molecule has 0 fully saturated rings. The van der Waals surface area contributed by atoms with Crippen molar-refractivity contribution < 1.29 is 47.7 Å². The van der Waals surface area contributed by atoms with Crippen molar-refractivity contribution in [2.45, 2.75) is 132 Å². The molecule has 0 radical (unpaired) electrons. The van der Waals surface area contributed by atoms with Crippen LogP contribution in [0, 0.1) is 11.5 Å². The number of hydrogen-bond acceptors (Lipinski definition) is 22. The quantitative estimate of drug-likeness (QED) is 0.0538. The number of nitrogens with zero attached hydrogens (tertiary/aromatic N) is 11. The molecule has 5 amide bonds. The number of rotatable bonds is 5. The third kappa shape index (κ3) is 25.7. The molecule has 0 bridgehead atoms. The number of carbonyl (C=O) groups excluding carboxylic acids is 5. The number of aromatic nitrogens is 6. The van der Waals surface area contributed by atoms with Gasteiger partial charge < -0.3 is 46.2 Å². The molecular formula is C83H91Br3ClN15O10. The lowest BCUT2D eigenvalue weighted by Gasteiger charge is -2.29. The zero-order chi connectivity index (χ0) is 83.0. The molecule has 0 saturated heterocycles. The first-order valence-corrected chi connectivity index (χ1v) is 37.6. The summed E-state index contributed by atoms with van der Waals surface area (Å²) in [5.41, 5.74) is 15.6. The molecule has 0 aliphatic carbocycles. The van der Waals surface area contributed by atoms with Gasteiger partial charge >= 0.3 is 30.5 Å². The average molecular weight is 1730 g/mol. The molecule has 7 N–H and O–H groups in total.